The van der Waals surface area contributed by atoms with Gasteiger partial charge >= 0.3 is 6.09 Å². The number of amides is 1. The van der Waals surface area contributed by atoms with Crippen LogP contribution < -0.4 is 4.72 Å². The van der Waals surface area contributed by atoms with Crippen molar-refractivity contribution in [2.75, 3.05) is 0 Å². The van der Waals surface area contributed by atoms with E-state index in [-0.39, 0.29) is 4.90 Å². The molecule has 0 fully saturated rings. The molecule has 6 nitrogen and oxygen atoms in total. The molecule has 0 aliphatic carbocycles. The lowest BCUT2D eigenvalue weighted by atomic mass is 10.4. The Morgan fingerprint density at radius 2 is 1.82 bits per heavy atom. The molecule has 1 amide bonds. The van der Waals surface area contributed by atoms with Gasteiger partial charge in [-0.25, -0.2) is 17.9 Å². The lowest BCUT2D eigenvalue weighted by molar-refractivity contribution is 0.157. The van der Waals surface area contributed by atoms with E-state index in [1.807, 2.05) is 0 Å². The molecule has 1 rings (SSSR count). The van der Waals surface area contributed by atoms with Crippen LogP contribution in [0.25, 0.3) is 0 Å². The van der Waals surface area contributed by atoms with Gasteiger partial charge in [-0.3, -0.25) is 4.84 Å². The predicted molar refractivity (Wildman–Crippen MR) is 62.0 cm³/mol. The lowest BCUT2D eigenvalue weighted by Crippen LogP contribution is -2.30. The van der Waals surface area contributed by atoms with Crippen molar-refractivity contribution in [3.63, 3.8) is 0 Å². The van der Waals surface area contributed by atoms with Crippen LogP contribution in [0.2, 0.25) is 0 Å². The van der Waals surface area contributed by atoms with Crippen LogP contribution in [0.5, 0.6) is 0 Å². The Labute approximate surface area is 99.3 Å². The molecule has 0 saturated carbocycles. The second kappa shape index (κ2) is 5.44. The highest BCUT2D eigenvalue weighted by molar-refractivity contribution is 7.90. The van der Waals surface area contributed by atoms with Crippen LogP contribution in [0.15, 0.2) is 40.4 Å². The second-order valence-electron chi connectivity index (χ2n) is 3.34. The van der Waals surface area contributed by atoms with Gasteiger partial charge in [0, 0.05) is 0 Å². The third-order valence-corrected chi connectivity index (χ3v) is 2.91. The molecule has 0 unspecified atom stereocenters. The van der Waals surface area contributed by atoms with Crippen molar-refractivity contribution in [2.24, 2.45) is 5.16 Å². The maximum Gasteiger partial charge on any atom is 0.447 e. The van der Waals surface area contributed by atoms with Crippen molar-refractivity contribution in [1.82, 2.24) is 4.72 Å². The molecule has 17 heavy (non-hydrogen) atoms. The van der Waals surface area contributed by atoms with Gasteiger partial charge in [0.25, 0.3) is 10.0 Å². The van der Waals surface area contributed by atoms with Crippen molar-refractivity contribution >= 4 is 21.8 Å². The summed E-state index contributed by atoms with van der Waals surface area (Å²) in [4.78, 5) is 15.4. The number of nitrogens with zero attached hydrogens (tertiary/aromatic N) is 1. The number of benzene rings is 1. The minimum atomic E-state index is -3.90. The molecule has 0 atom stereocenters. The van der Waals surface area contributed by atoms with E-state index in [0.717, 1.165) is 0 Å². The number of carbonyl (C=O) groups is 1. The first kappa shape index (κ1) is 13.2. The van der Waals surface area contributed by atoms with E-state index in [1.165, 1.54) is 12.1 Å². The number of hydrogen-bond acceptors (Lipinski definition) is 5. The van der Waals surface area contributed by atoms with E-state index in [4.69, 9.17) is 0 Å². The molecule has 1 aromatic rings. The molecule has 92 valence electrons. The van der Waals surface area contributed by atoms with Gasteiger partial charge in [0.15, 0.2) is 0 Å². The molecule has 1 N–H and O–H groups in total. The Morgan fingerprint density at radius 3 is 2.35 bits per heavy atom. The van der Waals surface area contributed by atoms with Crippen LogP contribution >= 0.6 is 0 Å². The summed E-state index contributed by atoms with van der Waals surface area (Å²) in [6, 6.07) is 7.50. The average Bonchev–Trinajstić information content (AvgIpc) is 2.27. The first-order valence-corrected chi connectivity index (χ1v) is 6.20. The summed E-state index contributed by atoms with van der Waals surface area (Å²) >= 11 is 0. The number of rotatable bonds is 3. The molecular weight excluding hydrogens is 244 g/mol. The Bertz CT molecular complexity index is 518. The highest BCUT2D eigenvalue weighted by atomic mass is 32.2. The molecule has 0 saturated heterocycles. The van der Waals surface area contributed by atoms with E-state index >= 15 is 0 Å². The Balaban J connectivity index is 2.75. The topological polar surface area (TPSA) is 84.8 Å². The third-order valence-electron chi connectivity index (χ3n) is 1.58. The molecule has 7 heteroatoms. The molecule has 0 radical (unpaired) electrons. The molecule has 0 spiro atoms. The van der Waals surface area contributed by atoms with E-state index in [0.29, 0.717) is 5.71 Å². The normalized spacial score (nSPS) is 10.5. The van der Waals surface area contributed by atoms with E-state index in [1.54, 1.807) is 36.8 Å². The fourth-order valence-corrected chi connectivity index (χ4v) is 1.81. The van der Waals surface area contributed by atoms with Gasteiger partial charge in [0.1, 0.15) is 0 Å². The largest absolute Gasteiger partial charge is 0.447 e. The van der Waals surface area contributed by atoms with E-state index in [9.17, 15) is 13.2 Å². The summed E-state index contributed by atoms with van der Waals surface area (Å²) in [7, 11) is -3.90. The van der Waals surface area contributed by atoms with Gasteiger partial charge in [0.05, 0.1) is 10.6 Å². The van der Waals surface area contributed by atoms with Crippen LogP contribution in [0, 0.1) is 0 Å². The zero-order valence-electron chi connectivity index (χ0n) is 9.38. The summed E-state index contributed by atoms with van der Waals surface area (Å²) in [5.74, 6) is 0. The molecule has 0 aliphatic heterocycles. The zero-order chi connectivity index (χ0) is 12.9. The summed E-state index contributed by atoms with van der Waals surface area (Å²) in [6.45, 7) is 3.22. The fraction of sp³-hybridized carbons (Fsp3) is 0.200. The first-order chi connectivity index (χ1) is 7.92. The predicted octanol–water partition coefficient (Wildman–Crippen LogP) is 1.50. The minimum Gasteiger partial charge on any atom is -0.297 e. The average molecular weight is 256 g/mol. The lowest BCUT2D eigenvalue weighted by Gasteiger charge is -2.04. The third kappa shape index (κ3) is 4.23. The number of sulfonamides is 1. The monoisotopic (exact) mass is 256 g/mol. The van der Waals surface area contributed by atoms with Crippen LogP contribution in [0.4, 0.5) is 4.79 Å². The maximum absolute atomic E-state index is 11.6. The number of carbonyl (C=O) groups excluding carboxylic acids is 1. The van der Waals surface area contributed by atoms with Crippen molar-refractivity contribution in [3.05, 3.63) is 30.3 Å². The molecular formula is C10H12N2O4S. The smallest absolute Gasteiger partial charge is 0.297 e. The van der Waals surface area contributed by atoms with Crippen molar-refractivity contribution in [3.8, 4) is 0 Å². The Morgan fingerprint density at radius 1 is 1.24 bits per heavy atom. The van der Waals surface area contributed by atoms with Gasteiger partial charge in [-0.1, -0.05) is 23.4 Å². The molecule has 0 aromatic heterocycles. The second-order valence-corrected chi connectivity index (χ2v) is 5.02. The fourth-order valence-electron chi connectivity index (χ4n) is 0.920. The number of hydrogen-bond donors (Lipinski definition) is 1. The highest BCUT2D eigenvalue weighted by Gasteiger charge is 2.17. The summed E-state index contributed by atoms with van der Waals surface area (Å²) in [6.07, 6.45) is -1.14. The maximum atomic E-state index is 11.6. The summed E-state index contributed by atoms with van der Waals surface area (Å²) < 4.78 is 25.0. The van der Waals surface area contributed by atoms with E-state index < -0.39 is 16.1 Å². The van der Waals surface area contributed by atoms with Gasteiger partial charge in [-0.15, -0.1) is 0 Å². The van der Waals surface area contributed by atoms with Crippen molar-refractivity contribution in [1.29, 1.82) is 0 Å². The number of oxime groups is 1. The van der Waals surface area contributed by atoms with Gasteiger partial charge in [-0.05, 0) is 26.0 Å². The summed E-state index contributed by atoms with van der Waals surface area (Å²) in [5.41, 5.74) is 0.497. The molecule has 1 aromatic carbocycles. The SMILES string of the molecule is CC(C)=NOC(=O)NS(=O)(=O)c1ccccc1. The standard InChI is InChI=1S/C10H12N2O4S/c1-8(2)11-16-10(13)12-17(14,15)9-6-4-3-5-7-9/h3-7H,1-2H3,(H,12,13). The van der Waals surface area contributed by atoms with Crippen molar-refractivity contribution in [2.45, 2.75) is 18.7 Å². The number of nitrogens with one attached hydrogen (secondary N) is 1. The van der Waals surface area contributed by atoms with Gasteiger partial charge in [-0.2, -0.15) is 0 Å². The Kier molecular flexibility index (Phi) is 4.22. The van der Waals surface area contributed by atoms with Gasteiger partial charge in [0.2, 0.25) is 0 Å². The Hall–Kier alpha value is -1.89. The van der Waals surface area contributed by atoms with Crippen LogP contribution in [-0.4, -0.2) is 20.2 Å². The molecule has 0 heterocycles. The minimum absolute atomic E-state index is 0.0193. The van der Waals surface area contributed by atoms with Crippen molar-refractivity contribution < 1.29 is 18.0 Å². The molecule has 0 aliphatic rings. The van der Waals surface area contributed by atoms with E-state index in [2.05, 4.69) is 9.99 Å². The first-order valence-electron chi connectivity index (χ1n) is 4.72. The van der Waals surface area contributed by atoms with Crippen LogP contribution in [0.1, 0.15) is 13.8 Å². The zero-order valence-corrected chi connectivity index (χ0v) is 10.2. The molecule has 0 bridgehead atoms. The van der Waals surface area contributed by atoms with Crippen LogP contribution in [0.3, 0.4) is 0 Å². The van der Waals surface area contributed by atoms with Crippen LogP contribution in [-0.2, 0) is 14.9 Å². The summed E-state index contributed by atoms with van der Waals surface area (Å²) in [5, 5.41) is 3.34. The quantitative estimate of drug-likeness (QED) is 0.504. The van der Waals surface area contributed by atoms with Gasteiger partial charge < -0.3 is 0 Å². The highest BCUT2D eigenvalue weighted by Crippen LogP contribution is 2.06.